The molecule has 11 saturated heterocycles. The van der Waals surface area contributed by atoms with Crippen molar-refractivity contribution in [3.63, 3.8) is 0 Å². The number of hydrogen-bond donors (Lipinski definition) is 31. The number of benzene rings is 1. The van der Waals surface area contributed by atoms with Gasteiger partial charge in [0.25, 0.3) is 5.91 Å². The summed E-state index contributed by atoms with van der Waals surface area (Å²) >= 11 is 0. The first kappa shape index (κ1) is 103. The smallest absolute Gasteiger partial charge is 0.288 e. The molecule has 11 aliphatic rings. The highest BCUT2D eigenvalue weighted by atomic mass is 16.8. The highest BCUT2D eigenvalue weighted by Gasteiger charge is 2.62. The summed E-state index contributed by atoms with van der Waals surface area (Å²) < 4.78 is 119. The maximum absolute atomic E-state index is 12.3. The van der Waals surface area contributed by atoms with Crippen LogP contribution in [0.15, 0.2) is 24.3 Å². The summed E-state index contributed by atoms with van der Waals surface area (Å²) in [5, 5.41) is 334. The van der Waals surface area contributed by atoms with Crippen LogP contribution in [0, 0.1) is 5.41 Å². The third-order valence-corrected chi connectivity index (χ3v) is 24.7. The Morgan fingerprint density at radius 2 is 0.438 bits per heavy atom. The van der Waals surface area contributed by atoms with Gasteiger partial charge in [-0.05, 0) is 24.1 Å². The molecule has 736 valence electrons. The Morgan fingerprint density at radius 3 is 0.609 bits per heavy atom. The Labute approximate surface area is 724 Å². The van der Waals surface area contributed by atoms with Crippen molar-refractivity contribution in [3.8, 4) is 5.75 Å². The lowest BCUT2D eigenvalue weighted by atomic mass is 9.81. The standard InChI is InChI=1S/C74H117NO53/c1-74(2)31(75-63(107)62(74)106)8-19-4-6-20(7-5-19)109-64-43(97)33(87)53(22(10-77)111-64)121-66-45(99)35(89)55(24(12-79)113-66)123-68-47(101)37(91)57(26(14-81)115-68)125-70-49(103)39(93)59(28(16-83)117-70)127-72-51(105)41(95)61(30(18-85)119-72)128-73-50(104)40(94)60(29(17-84)118-73)126-71-48(102)38(92)58(27(15-82)116-71)124-69-46(100)36(90)56(25(13-80)114-69)122-67-44(98)34(88)54(23(11-78)112-67)120-65-42(96)32(86)52(108-3)21(9-76)110-65/h4-7,21-61,64-73,76-105H,8-18H2,1-3H3,(H,75,107). The number of carbonyl (C=O) groups excluding carboxylic acids is 2. The van der Waals surface area contributed by atoms with E-state index in [0.717, 1.165) is 0 Å². The lowest BCUT2D eigenvalue weighted by Crippen LogP contribution is -2.68. The molecular formula is C74H117NO53. The first-order valence-corrected chi connectivity index (χ1v) is 41.1. The van der Waals surface area contributed by atoms with Gasteiger partial charge < -0.3 is 258 Å². The van der Waals surface area contributed by atoms with Gasteiger partial charge >= 0.3 is 0 Å². The van der Waals surface area contributed by atoms with Crippen LogP contribution in [0.4, 0.5) is 0 Å². The van der Waals surface area contributed by atoms with E-state index in [-0.39, 0.29) is 12.2 Å². The van der Waals surface area contributed by atoms with Gasteiger partial charge in [0.05, 0.1) is 71.5 Å². The number of Topliss-reactive ketones (excluding diaryl/α,β-unsaturated/α-hetero) is 1. The van der Waals surface area contributed by atoms with Crippen molar-refractivity contribution in [2.45, 2.75) is 333 Å². The molecule has 128 heavy (non-hydrogen) atoms. The van der Waals surface area contributed by atoms with E-state index in [1.807, 2.05) is 0 Å². The Hall–Kier alpha value is -3.84. The van der Waals surface area contributed by atoms with Crippen LogP contribution in [0.1, 0.15) is 19.4 Å². The lowest BCUT2D eigenvalue weighted by Gasteiger charge is -2.50. The molecule has 11 fully saturated rings. The highest BCUT2D eigenvalue weighted by Crippen LogP contribution is 2.42. The number of hydrogen-bond acceptors (Lipinski definition) is 53. The fourth-order valence-electron chi connectivity index (χ4n) is 17.1. The van der Waals surface area contributed by atoms with Crippen LogP contribution < -0.4 is 10.1 Å². The van der Waals surface area contributed by atoms with Crippen molar-refractivity contribution < 1.29 is 262 Å². The molecule has 1 aromatic carbocycles. The summed E-state index contributed by atoms with van der Waals surface area (Å²) in [7, 11) is 1.17. The zero-order chi connectivity index (χ0) is 93.4. The molecular weight excluding hydrogens is 1750 g/mol. The summed E-state index contributed by atoms with van der Waals surface area (Å²) in [6.45, 7) is -7.18. The van der Waals surface area contributed by atoms with Crippen molar-refractivity contribution >= 4 is 11.7 Å². The van der Waals surface area contributed by atoms with Crippen LogP contribution in [-0.4, -0.2) is 551 Å². The van der Waals surface area contributed by atoms with E-state index in [0.29, 0.717) is 5.56 Å². The molecule has 11 aliphatic heterocycles. The number of aliphatic hydroxyl groups excluding tert-OH is 30. The van der Waals surface area contributed by atoms with Gasteiger partial charge in [-0.3, -0.25) is 9.59 Å². The molecule has 0 spiro atoms. The van der Waals surface area contributed by atoms with E-state index < -0.39 is 396 Å². The molecule has 0 saturated carbocycles. The molecule has 0 aliphatic carbocycles. The van der Waals surface area contributed by atoms with Gasteiger partial charge in [0, 0.05) is 13.2 Å². The summed E-state index contributed by atoms with van der Waals surface area (Å²) in [4.78, 5) is 24.4. The first-order chi connectivity index (χ1) is 60.8. The topological polar surface area (TPSA) is 847 Å². The molecule has 11 heterocycles. The highest BCUT2D eigenvalue weighted by molar-refractivity contribution is 6.40. The number of carbonyl (C=O) groups is 2. The van der Waals surface area contributed by atoms with Gasteiger partial charge in [0.15, 0.2) is 56.6 Å². The predicted octanol–water partition coefficient (Wildman–Crippen LogP) is -20.4. The largest absolute Gasteiger partial charge is 0.462 e. The average molecular weight is 1870 g/mol. The van der Waals surface area contributed by atoms with E-state index >= 15 is 0 Å². The van der Waals surface area contributed by atoms with Crippen LogP contribution in [0.25, 0.3) is 0 Å². The van der Waals surface area contributed by atoms with Crippen molar-refractivity contribution in [2.24, 2.45) is 5.41 Å². The van der Waals surface area contributed by atoms with Crippen molar-refractivity contribution in [3.05, 3.63) is 29.8 Å². The summed E-state index contributed by atoms with van der Waals surface area (Å²) in [5.41, 5.74) is -0.286. The molecule has 31 N–H and O–H groups in total. The number of aliphatic hydroxyl groups is 30. The van der Waals surface area contributed by atoms with E-state index in [9.17, 15) is 163 Å². The maximum Gasteiger partial charge on any atom is 0.288 e. The Kier molecular flexibility index (Phi) is 35.5. The quantitative estimate of drug-likeness (QED) is 0.0291. The van der Waals surface area contributed by atoms with Crippen molar-refractivity contribution in [1.82, 2.24) is 5.32 Å². The van der Waals surface area contributed by atoms with Crippen LogP contribution >= 0.6 is 0 Å². The zero-order valence-corrected chi connectivity index (χ0v) is 68.3. The summed E-state index contributed by atoms with van der Waals surface area (Å²) in [5.74, 6) is -1.15. The third kappa shape index (κ3) is 21.0. The van der Waals surface area contributed by atoms with Gasteiger partial charge in [-0.25, -0.2) is 0 Å². The third-order valence-electron chi connectivity index (χ3n) is 24.7. The molecule has 0 aromatic heterocycles. The van der Waals surface area contributed by atoms with Crippen molar-refractivity contribution in [2.75, 3.05) is 73.2 Å². The average Bonchev–Trinajstić information content (AvgIpc) is 1.03. The number of methoxy groups -OCH3 is 1. The molecule has 1 aromatic rings. The van der Waals surface area contributed by atoms with Gasteiger partial charge in [-0.2, -0.15) is 0 Å². The molecule has 51 unspecified atom stereocenters. The normalized spacial score (nSPS) is 49.7. The van der Waals surface area contributed by atoms with E-state index in [4.69, 9.17) is 99.5 Å². The van der Waals surface area contributed by atoms with Crippen LogP contribution in [0.5, 0.6) is 5.75 Å². The Bertz CT molecular complexity index is 3580. The Balaban J connectivity index is 0.602. The monoisotopic (exact) mass is 1870 g/mol. The summed E-state index contributed by atoms with van der Waals surface area (Å²) in [6, 6.07) is 5.70. The van der Waals surface area contributed by atoms with Crippen molar-refractivity contribution in [1.29, 1.82) is 0 Å². The van der Waals surface area contributed by atoms with Crippen LogP contribution in [-0.2, 0) is 111 Å². The molecule has 0 bridgehead atoms. The van der Waals surface area contributed by atoms with E-state index in [2.05, 4.69) is 5.32 Å². The summed E-state index contributed by atoms with van der Waals surface area (Å²) in [6.07, 6.45) is -99.3. The predicted molar refractivity (Wildman–Crippen MR) is 394 cm³/mol. The van der Waals surface area contributed by atoms with Crippen LogP contribution in [0.2, 0.25) is 0 Å². The molecule has 12 rings (SSSR count). The maximum atomic E-state index is 12.3. The number of amides is 1. The SMILES string of the molecule is COC1C(CO)OC(OC2C(CO)OC(OC3C(CO)OC(OC4C(CO)OC(OC5C(CO)OC(OC6C(CO)OC(OC7C(CO)OC(OC8C(CO)OC(OC9C(CO)OC(OC%10C(CO)OC(Oc%11ccc(CC%12NC(=O)C(=O)C%12(C)C)cc%11)C(O)C%10O)C(O)C9O)C(O)C8O)C(O)C7O)C(O)C6O)C(O)C5O)C(O)C4O)C(O)C3O)C(O)C2O)C(O)C1O. The van der Waals surface area contributed by atoms with Crippen LogP contribution in [0.3, 0.4) is 0 Å². The number of nitrogens with one attached hydrogen (secondary N) is 1. The van der Waals surface area contributed by atoms with Gasteiger partial charge in [0.1, 0.15) is 250 Å². The minimum absolute atomic E-state index is 0.110. The number of rotatable bonds is 33. The number of ether oxygens (including phenoxy) is 21. The fourth-order valence-corrected chi connectivity index (χ4v) is 17.1. The molecule has 1 amide bonds. The zero-order valence-electron chi connectivity index (χ0n) is 68.3. The number of ketones is 1. The minimum atomic E-state index is -2.33. The first-order valence-electron chi connectivity index (χ1n) is 41.1. The second-order valence-electron chi connectivity index (χ2n) is 33.2. The van der Waals surface area contributed by atoms with Gasteiger partial charge in [0.2, 0.25) is 12.1 Å². The molecule has 54 heteroatoms. The second-order valence-corrected chi connectivity index (χ2v) is 33.2. The fraction of sp³-hybridized carbons (Fsp3) is 0.892. The van der Waals surface area contributed by atoms with E-state index in [1.54, 1.807) is 26.0 Å². The lowest BCUT2D eigenvalue weighted by molar-refractivity contribution is -0.400. The Morgan fingerprint density at radius 1 is 0.266 bits per heavy atom. The molecule has 0 radical (unpaired) electrons. The molecule has 51 atom stereocenters. The second kappa shape index (κ2) is 44.1. The minimum Gasteiger partial charge on any atom is -0.462 e. The van der Waals surface area contributed by atoms with E-state index in [1.165, 1.54) is 19.2 Å². The van der Waals surface area contributed by atoms with Gasteiger partial charge in [-0.15, -0.1) is 0 Å². The molecule has 54 nitrogen and oxygen atoms in total. The van der Waals surface area contributed by atoms with Gasteiger partial charge in [-0.1, -0.05) is 26.0 Å².